The number of alkyl halides is 1. The van der Waals surface area contributed by atoms with Gasteiger partial charge in [-0.2, -0.15) is 13.1 Å². The number of carbonyl (C=O) groups excluding carboxylic acids is 1. The monoisotopic (exact) mass is 286 g/mol. The number of hydrogen-bond acceptors (Lipinski definition) is 5. The van der Waals surface area contributed by atoms with Gasteiger partial charge in [-0.1, -0.05) is 0 Å². The van der Waals surface area contributed by atoms with Gasteiger partial charge in [-0.15, -0.1) is 11.6 Å². The van der Waals surface area contributed by atoms with Crippen LogP contribution in [-0.4, -0.2) is 46.3 Å². The summed E-state index contributed by atoms with van der Waals surface area (Å²) in [5, 5.41) is 0. The van der Waals surface area contributed by atoms with E-state index in [1.807, 2.05) is 0 Å². The Morgan fingerprint density at radius 2 is 2.06 bits per heavy atom. The third-order valence-electron chi connectivity index (χ3n) is 2.46. The van der Waals surface area contributed by atoms with E-state index in [9.17, 15) is 13.2 Å². The van der Waals surface area contributed by atoms with Crippen LogP contribution in [0.3, 0.4) is 0 Å². The molecule has 0 unspecified atom stereocenters. The van der Waals surface area contributed by atoms with Gasteiger partial charge in [-0.05, 0) is 12.8 Å². The van der Waals surface area contributed by atoms with Crippen LogP contribution in [-0.2, 0) is 19.7 Å². The standard InChI is InChI=1S/C8H15ClN2O5S/c1-15-7(12)10-17(13,14)11-8(6-9)2-4-16-5-3-8/h11H,2-6H2,1H3,(H,10,12). The number of halogens is 1. The van der Waals surface area contributed by atoms with E-state index in [4.69, 9.17) is 16.3 Å². The van der Waals surface area contributed by atoms with E-state index >= 15 is 0 Å². The SMILES string of the molecule is COC(=O)NS(=O)(=O)NC1(CCl)CCOCC1. The van der Waals surface area contributed by atoms with Crippen LogP contribution >= 0.6 is 11.6 Å². The molecule has 2 N–H and O–H groups in total. The third-order valence-corrected chi connectivity index (χ3v) is 4.11. The van der Waals surface area contributed by atoms with E-state index in [-0.39, 0.29) is 5.88 Å². The summed E-state index contributed by atoms with van der Waals surface area (Å²) in [7, 11) is -2.90. The molecule has 1 aliphatic heterocycles. The van der Waals surface area contributed by atoms with Gasteiger partial charge in [0, 0.05) is 19.1 Å². The van der Waals surface area contributed by atoms with Crippen molar-refractivity contribution in [2.75, 3.05) is 26.2 Å². The van der Waals surface area contributed by atoms with Gasteiger partial charge in [-0.3, -0.25) is 0 Å². The fourth-order valence-corrected chi connectivity index (χ4v) is 3.10. The molecule has 1 saturated heterocycles. The molecule has 0 aromatic heterocycles. The van der Waals surface area contributed by atoms with E-state index in [1.54, 1.807) is 4.72 Å². The highest BCUT2D eigenvalue weighted by atomic mass is 35.5. The van der Waals surface area contributed by atoms with Crippen LogP contribution in [0.25, 0.3) is 0 Å². The second-order valence-electron chi connectivity index (χ2n) is 3.73. The Morgan fingerprint density at radius 3 is 2.53 bits per heavy atom. The highest BCUT2D eigenvalue weighted by Gasteiger charge is 2.36. The Morgan fingerprint density at radius 1 is 1.47 bits per heavy atom. The van der Waals surface area contributed by atoms with Gasteiger partial charge in [0.25, 0.3) is 0 Å². The lowest BCUT2D eigenvalue weighted by molar-refractivity contribution is 0.0548. The van der Waals surface area contributed by atoms with Crippen LogP contribution in [0, 0.1) is 0 Å². The lowest BCUT2D eigenvalue weighted by Gasteiger charge is -2.35. The van der Waals surface area contributed by atoms with Gasteiger partial charge < -0.3 is 9.47 Å². The molecule has 7 nitrogen and oxygen atoms in total. The zero-order valence-corrected chi connectivity index (χ0v) is 10.9. The molecule has 0 spiro atoms. The van der Waals surface area contributed by atoms with Crippen LogP contribution in [0.4, 0.5) is 4.79 Å². The summed E-state index contributed by atoms with van der Waals surface area (Å²) in [5.74, 6) is 0.110. The molecule has 0 aromatic carbocycles. The van der Waals surface area contributed by atoms with Crippen molar-refractivity contribution < 1.29 is 22.7 Å². The maximum absolute atomic E-state index is 11.6. The van der Waals surface area contributed by atoms with Gasteiger partial charge in [-0.25, -0.2) is 9.52 Å². The topological polar surface area (TPSA) is 93.7 Å². The molecule has 1 rings (SSSR count). The van der Waals surface area contributed by atoms with E-state index in [2.05, 4.69) is 9.46 Å². The van der Waals surface area contributed by atoms with Crippen molar-refractivity contribution in [3.05, 3.63) is 0 Å². The Kier molecular flexibility index (Phi) is 4.99. The van der Waals surface area contributed by atoms with Crippen molar-refractivity contribution in [2.24, 2.45) is 0 Å². The average Bonchev–Trinajstić information content (AvgIpc) is 2.28. The first-order valence-corrected chi connectivity index (χ1v) is 6.98. The fraction of sp³-hybridized carbons (Fsp3) is 0.875. The summed E-state index contributed by atoms with van der Waals surface area (Å²) in [4.78, 5) is 10.9. The summed E-state index contributed by atoms with van der Waals surface area (Å²) < 4.78 is 36.7. The van der Waals surface area contributed by atoms with E-state index in [1.165, 1.54) is 0 Å². The zero-order chi connectivity index (χ0) is 12.9. The number of nitrogens with one attached hydrogen (secondary N) is 2. The molecule has 9 heteroatoms. The average molecular weight is 287 g/mol. The number of methoxy groups -OCH3 is 1. The smallest absolute Gasteiger partial charge is 0.421 e. The number of hydrogen-bond donors (Lipinski definition) is 2. The van der Waals surface area contributed by atoms with Crippen molar-refractivity contribution in [1.29, 1.82) is 0 Å². The van der Waals surface area contributed by atoms with Crippen LogP contribution in [0.15, 0.2) is 0 Å². The van der Waals surface area contributed by atoms with E-state index in [0.717, 1.165) is 7.11 Å². The second-order valence-corrected chi connectivity index (χ2v) is 5.41. The first-order chi connectivity index (χ1) is 7.93. The summed E-state index contributed by atoms with van der Waals surface area (Å²) in [6, 6.07) is 0. The maximum atomic E-state index is 11.6. The Balaban J connectivity index is 2.69. The molecule has 0 bridgehead atoms. The Hall–Kier alpha value is -0.570. The molecule has 100 valence electrons. The summed E-state index contributed by atoms with van der Waals surface area (Å²) in [6.07, 6.45) is -0.133. The van der Waals surface area contributed by atoms with Crippen LogP contribution in [0.1, 0.15) is 12.8 Å². The first-order valence-electron chi connectivity index (χ1n) is 4.96. The predicted octanol–water partition coefficient (Wildman–Crippen LogP) is -0.0352. The second kappa shape index (κ2) is 5.85. The van der Waals surface area contributed by atoms with E-state index in [0.29, 0.717) is 26.1 Å². The zero-order valence-electron chi connectivity index (χ0n) is 9.36. The van der Waals surface area contributed by atoms with Crippen LogP contribution in [0.5, 0.6) is 0 Å². The summed E-state index contributed by atoms with van der Waals surface area (Å²) in [5.41, 5.74) is -0.778. The highest BCUT2D eigenvalue weighted by Crippen LogP contribution is 2.22. The molecular weight excluding hydrogens is 272 g/mol. The van der Waals surface area contributed by atoms with Gasteiger partial charge in [0.05, 0.1) is 12.6 Å². The molecule has 0 radical (unpaired) electrons. The molecule has 1 aliphatic rings. The molecule has 0 atom stereocenters. The molecule has 1 heterocycles. The van der Waals surface area contributed by atoms with Crippen molar-refractivity contribution >= 4 is 27.9 Å². The minimum Gasteiger partial charge on any atom is -0.452 e. The molecule has 17 heavy (non-hydrogen) atoms. The molecule has 0 saturated carbocycles. The molecule has 1 fully saturated rings. The lowest BCUT2D eigenvalue weighted by Crippen LogP contribution is -2.57. The van der Waals surface area contributed by atoms with Crippen LogP contribution < -0.4 is 9.44 Å². The van der Waals surface area contributed by atoms with Gasteiger partial charge in [0.1, 0.15) is 0 Å². The van der Waals surface area contributed by atoms with Gasteiger partial charge in [0.2, 0.25) is 0 Å². The quantitative estimate of drug-likeness (QED) is 0.708. The van der Waals surface area contributed by atoms with Gasteiger partial charge >= 0.3 is 16.3 Å². The number of ether oxygens (including phenoxy) is 2. The number of carbonyl (C=O) groups is 1. The van der Waals surface area contributed by atoms with Crippen molar-refractivity contribution in [3.63, 3.8) is 0 Å². The summed E-state index contributed by atoms with van der Waals surface area (Å²) >= 11 is 5.79. The lowest BCUT2D eigenvalue weighted by atomic mass is 9.94. The minimum absolute atomic E-state index is 0.110. The number of rotatable bonds is 4. The number of amides is 1. The normalized spacial score (nSPS) is 19.6. The maximum Gasteiger partial charge on any atom is 0.421 e. The van der Waals surface area contributed by atoms with Crippen molar-refractivity contribution in [3.8, 4) is 0 Å². The molecule has 0 aromatic rings. The fourth-order valence-electron chi connectivity index (χ4n) is 1.49. The molecule has 0 aliphatic carbocycles. The third kappa shape index (κ3) is 4.30. The van der Waals surface area contributed by atoms with Crippen molar-refractivity contribution in [2.45, 2.75) is 18.4 Å². The molecule has 1 amide bonds. The summed E-state index contributed by atoms with van der Waals surface area (Å²) in [6.45, 7) is 0.848. The largest absolute Gasteiger partial charge is 0.452 e. The van der Waals surface area contributed by atoms with Crippen LogP contribution in [0.2, 0.25) is 0 Å². The predicted molar refractivity (Wildman–Crippen MR) is 61.1 cm³/mol. The Labute approximate surface area is 105 Å². The van der Waals surface area contributed by atoms with Gasteiger partial charge in [0.15, 0.2) is 0 Å². The highest BCUT2D eigenvalue weighted by molar-refractivity contribution is 7.88. The Bertz CT molecular complexity index is 366. The molecular formula is C8H15ClN2O5S. The van der Waals surface area contributed by atoms with Crippen molar-refractivity contribution in [1.82, 2.24) is 9.44 Å². The van der Waals surface area contributed by atoms with E-state index < -0.39 is 21.8 Å². The first kappa shape index (κ1) is 14.5. The minimum atomic E-state index is -3.98.